The maximum Gasteiger partial charge on any atom is 0.416 e. The standard InChI is InChI=1S/C19H18F3NO4/c1-26-16-8-5-13(9-15(16)18(25)27-2)11-23-17(24)10-12-3-6-14(7-4-12)19(20,21)22/h3-9H,10-11H2,1-2H3,(H,23,24). The van der Waals surface area contributed by atoms with E-state index in [9.17, 15) is 22.8 Å². The van der Waals surface area contributed by atoms with Gasteiger partial charge in [0.2, 0.25) is 5.91 Å². The largest absolute Gasteiger partial charge is 0.496 e. The highest BCUT2D eigenvalue weighted by atomic mass is 19.4. The summed E-state index contributed by atoms with van der Waals surface area (Å²) in [5.41, 5.74) is 0.581. The highest BCUT2D eigenvalue weighted by molar-refractivity contribution is 5.92. The van der Waals surface area contributed by atoms with Crippen molar-refractivity contribution in [1.29, 1.82) is 0 Å². The number of rotatable bonds is 6. The fourth-order valence-corrected chi connectivity index (χ4v) is 2.39. The number of nitrogens with one attached hydrogen (secondary N) is 1. The van der Waals surface area contributed by atoms with Crippen molar-refractivity contribution in [3.05, 3.63) is 64.7 Å². The van der Waals surface area contributed by atoms with Gasteiger partial charge in [0.25, 0.3) is 0 Å². The molecular weight excluding hydrogens is 363 g/mol. The van der Waals surface area contributed by atoms with Crippen LogP contribution in [-0.4, -0.2) is 26.1 Å². The summed E-state index contributed by atoms with van der Waals surface area (Å²) in [4.78, 5) is 23.8. The highest BCUT2D eigenvalue weighted by Gasteiger charge is 2.29. The third kappa shape index (κ3) is 5.47. The number of carbonyl (C=O) groups excluding carboxylic acids is 2. The quantitative estimate of drug-likeness (QED) is 0.780. The highest BCUT2D eigenvalue weighted by Crippen LogP contribution is 2.29. The molecule has 0 aliphatic heterocycles. The van der Waals surface area contributed by atoms with E-state index < -0.39 is 17.7 Å². The SMILES string of the molecule is COC(=O)c1cc(CNC(=O)Cc2ccc(C(F)(F)F)cc2)ccc1OC. The summed E-state index contributed by atoms with van der Waals surface area (Å²) in [7, 11) is 2.67. The van der Waals surface area contributed by atoms with Gasteiger partial charge in [0.15, 0.2) is 0 Å². The Bertz CT molecular complexity index is 817. The van der Waals surface area contributed by atoms with Gasteiger partial charge >= 0.3 is 12.1 Å². The van der Waals surface area contributed by atoms with E-state index in [1.54, 1.807) is 18.2 Å². The molecule has 0 aromatic heterocycles. The predicted molar refractivity (Wildman–Crippen MR) is 91.3 cm³/mol. The van der Waals surface area contributed by atoms with Crippen LogP contribution in [-0.2, 0) is 28.7 Å². The zero-order valence-corrected chi connectivity index (χ0v) is 14.7. The van der Waals surface area contributed by atoms with Gasteiger partial charge in [0.1, 0.15) is 11.3 Å². The fraction of sp³-hybridized carbons (Fsp3) is 0.263. The maximum absolute atomic E-state index is 12.5. The first kappa shape index (κ1) is 20.3. The Morgan fingerprint density at radius 1 is 1.00 bits per heavy atom. The Morgan fingerprint density at radius 2 is 1.63 bits per heavy atom. The molecule has 0 saturated carbocycles. The molecule has 5 nitrogen and oxygen atoms in total. The van der Waals surface area contributed by atoms with Crippen molar-refractivity contribution in [2.45, 2.75) is 19.1 Å². The van der Waals surface area contributed by atoms with Gasteiger partial charge in [0.05, 0.1) is 26.2 Å². The summed E-state index contributed by atoms with van der Waals surface area (Å²) in [5.74, 6) is -0.573. The first-order valence-electron chi connectivity index (χ1n) is 7.92. The van der Waals surface area contributed by atoms with Crippen LogP contribution in [0.5, 0.6) is 5.75 Å². The zero-order chi connectivity index (χ0) is 20.0. The van der Waals surface area contributed by atoms with Gasteiger partial charge in [-0.05, 0) is 35.4 Å². The molecule has 0 unspecified atom stereocenters. The van der Waals surface area contributed by atoms with Gasteiger partial charge in [0, 0.05) is 6.54 Å². The van der Waals surface area contributed by atoms with Crippen LogP contribution >= 0.6 is 0 Å². The molecule has 8 heteroatoms. The molecule has 0 radical (unpaired) electrons. The van der Waals surface area contributed by atoms with Gasteiger partial charge in [-0.25, -0.2) is 4.79 Å². The third-order valence-corrected chi connectivity index (χ3v) is 3.80. The van der Waals surface area contributed by atoms with Crippen LogP contribution in [0.15, 0.2) is 42.5 Å². The van der Waals surface area contributed by atoms with Crippen LogP contribution in [0.1, 0.15) is 27.0 Å². The van der Waals surface area contributed by atoms with Gasteiger partial charge in [-0.3, -0.25) is 4.79 Å². The molecule has 144 valence electrons. The summed E-state index contributed by atoms with van der Waals surface area (Å²) in [5, 5.41) is 2.66. The van der Waals surface area contributed by atoms with Gasteiger partial charge in [-0.15, -0.1) is 0 Å². The predicted octanol–water partition coefficient (Wildman–Crippen LogP) is 3.36. The molecule has 0 aliphatic carbocycles. The van der Waals surface area contributed by atoms with Crippen molar-refractivity contribution in [3.63, 3.8) is 0 Å². The molecule has 0 heterocycles. The van der Waals surface area contributed by atoms with E-state index >= 15 is 0 Å². The van der Waals surface area contributed by atoms with E-state index in [0.717, 1.165) is 12.1 Å². The lowest BCUT2D eigenvalue weighted by Gasteiger charge is -2.11. The molecule has 0 fully saturated rings. The topological polar surface area (TPSA) is 64.6 Å². The number of benzene rings is 2. The average Bonchev–Trinajstić information content (AvgIpc) is 2.65. The molecule has 2 rings (SSSR count). The van der Waals surface area contributed by atoms with Crippen LogP contribution in [0.2, 0.25) is 0 Å². The molecule has 1 amide bonds. The Hall–Kier alpha value is -3.03. The Morgan fingerprint density at radius 3 is 2.19 bits per heavy atom. The molecule has 1 N–H and O–H groups in total. The second-order valence-corrected chi connectivity index (χ2v) is 5.67. The summed E-state index contributed by atoms with van der Waals surface area (Å²) < 4.78 is 47.4. The van der Waals surface area contributed by atoms with Crippen molar-refractivity contribution in [2.75, 3.05) is 14.2 Å². The molecule has 0 aliphatic rings. The fourth-order valence-electron chi connectivity index (χ4n) is 2.39. The first-order chi connectivity index (χ1) is 12.7. The number of amides is 1. The normalized spacial score (nSPS) is 11.0. The molecular formula is C19H18F3NO4. The van der Waals surface area contributed by atoms with Crippen molar-refractivity contribution >= 4 is 11.9 Å². The molecule has 27 heavy (non-hydrogen) atoms. The van der Waals surface area contributed by atoms with Crippen molar-refractivity contribution < 1.29 is 32.2 Å². The second kappa shape index (κ2) is 8.57. The molecule has 0 atom stereocenters. The van der Waals surface area contributed by atoms with E-state index in [4.69, 9.17) is 4.74 Å². The zero-order valence-electron chi connectivity index (χ0n) is 14.7. The van der Waals surface area contributed by atoms with Crippen molar-refractivity contribution in [2.24, 2.45) is 0 Å². The Labute approximate surface area is 154 Å². The lowest BCUT2D eigenvalue weighted by molar-refractivity contribution is -0.137. The Kier molecular flexibility index (Phi) is 6.44. The smallest absolute Gasteiger partial charge is 0.416 e. The molecule has 2 aromatic carbocycles. The summed E-state index contributed by atoms with van der Waals surface area (Å²) in [6, 6.07) is 9.23. The van der Waals surface area contributed by atoms with Crippen LogP contribution < -0.4 is 10.1 Å². The van der Waals surface area contributed by atoms with E-state index in [1.807, 2.05) is 0 Å². The van der Waals surface area contributed by atoms with Gasteiger partial charge in [-0.2, -0.15) is 13.2 Å². The minimum absolute atomic E-state index is 0.0574. The van der Waals surface area contributed by atoms with Crippen LogP contribution in [0.25, 0.3) is 0 Å². The van der Waals surface area contributed by atoms with Crippen LogP contribution in [0.4, 0.5) is 13.2 Å². The number of ether oxygens (including phenoxy) is 2. The van der Waals surface area contributed by atoms with Crippen molar-refractivity contribution in [3.8, 4) is 5.75 Å². The minimum Gasteiger partial charge on any atom is -0.496 e. The molecule has 0 spiro atoms. The first-order valence-corrected chi connectivity index (χ1v) is 7.92. The van der Waals surface area contributed by atoms with Gasteiger partial charge < -0.3 is 14.8 Å². The third-order valence-electron chi connectivity index (χ3n) is 3.80. The number of hydrogen-bond donors (Lipinski definition) is 1. The van der Waals surface area contributed by atoms with Gasteiger partial charge in [-0.1, -0.05) is 18.2 Å². The van der Waals surface area contributed by atoms with E-state index in [1.165, 1.54) is 26.4 Å². The number of hydrogen-bond acceptors (Lipinski definition) is 4. The number of methoxy groups -OCH3 is 2. The minimum atomic E-state index is -4.41. The molecule has 0 bridgehead atoms. The lowest BCUT2D eigenvalue weighted by Crippen LogP contribution is -2.24. The van der Waals surface area contributed by atoms with Crippen LogP contribution in [0, 0.1) is 0 Å². The maximum atomic E-state index is 12.5. The molecule has 2 aromatic rings. The number of alkyl halides is 3. The summed E-state index contributed by atoms with van der Waals surface area (Å²) in [6.45, 7) is 0.146. The van der Waals surface area contributed by atoms with Crippen molar-refractivity contribution in [1.82, 2.24) is 5.32 Å². The Balaban J connectivity index is 1.98. The number of halogens is 3. The lowest BCUT2D eigenvalue weighted by atomic mass is 10.1. The van der Waals surface area contributed by atoms with Crippen LogP contribution in [0.3, 0.4) is 0 Å². The summed E-state index contributed by atoms with van der Waals surface area (Å²) in [6.07, 6.45) is -4.47. The monoisotopic (exact) mass is 381 g/mol. The van der Waals surface area contributed by atoms with E-state index in [2.05, 4.69) is 10.1 Å². The molecule has 0 saturated heterocycles. The second-order valence-electron chi connectivity index (χ2n) is 5.67. The number of esters is 1. The van der Waals surface area contributed by atoms with E-state index in [-0.39, 0.29) is 24.4 Å². The average molecular weight is 381 g/mol. The van der Waals surface area contributed by atoms with E-state index in [0.29, 0.717) is 16.9 Å². The summed E-state index contributed by atoms with van der Waals surface area (Å²) >= 11 is 0. The number of carbonyl (C=O) groups is 2.